The topological polar surface area (TPSA) is 92.8 Å². The summed E-state index contributed by atoms with van der Waals surface area (Å²) in [4.78, 5) is 23.6. The van der Waals surface area contributed by atoms with E-state index in [9.17, 15) is 18.0 Å². The van der Waals surface area contributed by atoms with Crippen molar-refractivity contribution in [2.24, 2.45) is 0 Å². The molecular weight excluding hydrogens is 404 g/mol. The van der Waals surface area contributed by atoms with E-state index in [1.165, 1.54) is 41.6 Å². The summed E-state index contributed by atoms with van der Waals surface area (Å²) in [6.45, 7) is 2.32. The van der Waals surface area contributed by atoms with Gasteiger partial charge in [-0.15, -0.1) is 0 Å². The number of carbonyl (C=O) groups excluding carboxylic acids is 2. The summed E-state index contributed by atoms with van der Waals surface area (Å²) in [5.41, 5.74) is 0.525. The van der Waals surface area contributed by atoms with E-state index in [1.807, 2.05) is 0 Å². The molecule has 1 amide bonds. The zero-order valence-corrected chi connectivity index (χ0v) is 16.7. The fourth-order valence-electron chi connectivity index (χ4n) is 2.87. The maximum Gasteiger partial charge on any atom is 0.345 e. The standard InChI is InChI=1S/C19H19ClN2O5S/c1-13(23)21-14-4-6-15(7-5-14)27-19(24)17-12-16(8-9-18(17)20)28(25,26)22-10-2-3-11-22/h4-9,12H,2-3,10-11H2,1H3,(H,21,23). The average Bonchev–Trinajstić information content (AvgIpc) is 3.18. The number of nitrogens with zero attached hydrogens (tertiary/aromatic N) is 1. The smallest absolute Gasteiger partial charge is 0.345 e. The zero-order chi connectivity index (χ0) is 20.3. The Hall–Kier alpha value is -2.42. The molecule has 0 aromatic heterocycles. The molecule has 0 saturated carbocycles. The van der Waals surface area contributed by atoms with Gasteiger partial charge >= 0.3 is 5.97 Å². The second kappa shape index (κ2) is 8.30. The summed E-state index contributed by atoms with van der Waals surface area (Å²) in [6.07, 6.45) is 1.63. The van der Waals surface area contributed by atoms with Gasteiger partial charge in [-0.2, -0.15) is 4.31 Å². The molecule has 3 rings (SSSR count). The van der Waals surface area contributed by atoms with Crippen molar-refractivity contribution < 1.29 is 22.7 Å². The lowest BCUT2D eigenvalue weighted by atomic mass is 10.2. The quantitative estimate of drug-likeness (QED) is 0.589. The third kappa shape index (κ3) is 4.52. The maximum atomic E-state index is 12.7. The van der Waals surface area contributed by atoms with Gasteiger partial charge in [0.25, 0.3) is 0 Å². The number of sulfonamides is 1. The van der Waals surface area contributed by atoms with Gasteiger partial charge in [-0.25, -0.2) is 13.2 Å². The molecule has 1 fully saturated rings. The molecule has 2 aromatic carbocycles. The first kappa shape index (κ1) is 20.3. The Balaban J connectivity index is 1.80. The molecule has 1 aliphatic rings. The van der Waals surface area contributed by atoms with Crippen molar-refractivity contribution in [2.45, 2.75) is 24.7 Å². The van der Waals surface area contributed by atoms with Crippen molar-refractivity contribution >= 4 is 39.2 Å². The van der Waals surface area contributed by atoms with E-state index in [0.717, 1.165) is 12.8 Å². The number of esters is 1. The summed E-state index contributed by atoms with van der Waals surface area (Å²) in [6, 6.07) is 10.2. The number of anilines is 1. The number of amides is 1. The van der Waals surface area contributed by atoms with Crippen LogP contribution in [0.4, 0.5) is 5.69 Å². The minimum Gasteiger partial charge on any atom is -0.423 e. The van der Waals surface area contributed by atoms with Crippen molar-refractivity contribution in [1.82, 2.24) is 4.31 Å². The molecule has 1 saturated heterocycles. The summed E-state index contributed by atoms with van der Waals surface area (Å²) < 4.78 is 32.1. The largest absolute Gasteiger partial charge is 0.423 e. The first-order chi connectivity index (χ1) is 13.3. The summed E-state index contributed by atoms with van der Waals surface area (Å²) in [7, 11) is -3.67. The van der Waals surface area contributed by atoms with Crippen LogP contribution in [0, 0.1) is 0 Å². The van der Waals surface area contributed by atoms with E-state index >= 15 is 0 Å². The van der Waals surface area contributed by atoms with E-state index in [1.54, 1.807) is 12.1 Å². The Morgan fingerprint density at radius 3 is 2.32 bits per heavy atom. The number of hydrogen-bond donors (Lipinski definition) is 1. The van der Waals surface area contributed by atoms with Gasteiger partial charge in [-0.3, -0.25) is 4.79 Å². The predicted octanol–water partition coefficient (Wildman–Crippen LogP) is 3.30. The summed E-state index contributed by atoms with van der Waals surface area (Å²) in [5.74, 6) is -0.744. The van der Waals surface area contributed by atoms with Crippen LogP contribution in [0.1, 0.15) is 30.1 Å². The van der Waals surface area contributed by atoms with E-state index in [4.69, 9.17) is 16.3 Å². The van der Waals surface area contributed by atoms with Crippen LogP contribution in [-0.2, 0) is 14.8 Å². The second-order valence-corrected chi connectivity index (χ2v) is 8.69. The van der Waals surface area contributed by atoms with Crippen LogP contribution in [0.25, 0.3) is 0 Å². The number of benzene rings is 2. The molecule has 0 radical (unpaired) electrons. The molecule has 0 unspecified atom stereocenters. The van der Waals surface area contributed by atoms with Gasteiger partial charge in [0.1, 0.15) is 5.75 Å². The fourth-order valence-corrected chi connectivity index (χ4v) is 4.61. The van der Waals surface area contributed by atoms with Crippen molar-refractivity contribution in [1.29, 1.82) is 0 Å². The SMILES string of the molecule is CC(=O)Nc1ccc(OC(=O)c2cc(S(=O)(=O)N3CCCC3)ccc2Cl)cc1. The van der Waals surface area contributed by atoms with E-state index in [2.05, 4.69) is 5.32 Å². The second-order valence-electron chi connectivity index (χ2n) is 6.35. The number of hydrogen-bond acceptors (Lipinski definition) is 5. The lowest BCUT2D eigenvalue weighted by Crippen LogP contribution is -2.28. The van der Waals surface area contributed by atoms with Crippen LogP contribution in [0.2, 0.25) is 5.02 Å². The van der Waals surface area contributed by atoms with Gasteiger partial charge < -0.3 is 10.1 Å². The van der Waals surface area contributed by atoms with Crippen LogP contribution < -0.4 is 10.1 Å². The van der Waals surface area contributed by atoms with Crippen molar-refractivity contribution in [2.75, 3.05) is 18.4 Å². The molecule has 28 heavy (non-hydrogen) atoms. The Morgan fingerprint density at radius 2 is 1.71 bits per heavy atom. The van der Waals surface area contributed by atoms with Crippen LogP contribution >= 0.6 is 11.6 Å². The lowest BCUT2D eigenvalue weighted by molar-refractivity contribution is -0.114. The molecule has 9 heteroatoms. The monoisotopic (exact) mass is 422 g/mol. The first-order valence-corrected chi connectivity index (χ1v) is 10.5. The van der Waals surface area contributed by atoms with E-state index in [-0.39, 0.29) is 27.1 Å². The van der Waals surface area contributed by atoms with Gasteiger partial charge in [-0.1, -0.05) is 11.6 Å². The molecule has 148 valence electrons. The Labute approximate surface area is 168 Å². The molecule has 0 atom stereocenters. The predicted molar refractivity (Wildman–Crippen MR) is 105 cm³/mol. The Morgan fingerprint density at radius 1 is 1.07 bits per heavy atom. The fraction of sp³-hybridized carbons (Fsp3) is 0.263. The third-order valence-corrected chi connectivity index (χ3v) is 6.47. The molecule has 2 aromatic rings. The Bertz CT molecular complexity index is 999. The number of nitrogens with one attached hydrogen (secondary N) is 1. The molecular formula is C19H19ClN2O5S. The molecule has 1 N–H and O–H groups in total. The normalized spacial score (nSPS) is 14.6. The highest BCUT2D eigenvalue weighted by molar-refractivity contribution is 7.89. The van der Waals surface area contributed by atoms with Crippen LogP contribution in [-0.4, -0.2) is 37.7 Å². The van der Waals surface area contributed by atoms with E-state index < -0.39 is 16.0 Å². The molecule has 0 spiro atoms. The van der Waals surface area contributed by atoms with Gasteiger partial charge in [0.15, 0.2) is 0 Å². The molecule has 0 aliphatic carbocycles. The van der Waals surface area contributed by atoms with E-state index in [0.29, 0.717) is 18.8 Å². The number of rotatable bonds is 5. The highest BCUT2D eigenvalue weighted by Gasteiger charge is 2.28. The third-order valence-electron chi connectivity index (χ3n) is 4.25. The maximum absolute atomic E-state index is 12.7. The van der Waals surface area contributed by atoms with Gasteiger partial charge in [0.2, 0.25) is 15.9 Å². The van der Waals surface area contributed by atoms with Crippen molar-refractivity contribution in [3.8, 4) is 5.75 Å². The van der Waals surface area contributed by atoms with Crippen LogP contribution in [0.3, 0.4) is 0 Å². The average molecular weight is 423 g/mol. The highest BCUT2D eigenvalue weighted by Crippen LogP contribution is 2.26. The molecule has 1 heterocycles. The Kier molecular flexibility index (Phi) is 6.02. The molecule has 0 bridgehead atoms. The van der Waals surface area contributed by atoms with Crippen molar-refractivity contribution in [3.05, 3.63) is 53.1 Å². The first-order valence-electron chi connectivity index (χ1n) is 8.67. The lowest BCUT2D eigenvalue weighted by Gasteiger charge is -2.16. The van der Waals surface area contributed by atoms with Gasteiger partial charge in [0.05, 0.1) is 15.5 Å². The summed E-state index contributed by atoms with van der Waals surface area (Å²) in [5, 5.41) is 2.70. The minimum atomic E-state index is -3.67. The zero-order valence-electron chi connectivity index (χ0n) is 15.1. The summed E-state index contributed by atoms with van der Waals surface area (Å²) >= 11 is 6.09. The van der Waals surface area contributed by atoms with Gasteiger partial charge in [-0.05, 0) is 55.3 Å². The van der Waals surface area contributed by atoms with Crippen LogP contribution in [0.5, 0.6) is 5.75 Å². The van der Waals surface area contributed by atoms with Crippen molar-refractivity contribution in [3.63, 3.8) is 0 Å². The molecule has 1 aliphatic heterocycles. The minimum absolute atomic E-state index is 0.00626. The highest BCUT2D eigenvalue weighted by atomic mass is 35.5. The van der Waals surface area contributed by atoms with Gasteiger partial charge in [0, 0.05) is 25.7 Å². The van der Waals surface area contributed by atoms with Crippen LogP contribution in [0.15, 0.2) is 47.4 Å². The number of carbonyl (C=O) groups is 2. The number of halogens is 1. The molecule has 7 nitrogen and oxygen atoms in total. The number of ether oxygens (including phenoxy) is 1.